The van der Waals surface area contributed by atoms with Gasteiger partial charge < -0.3 is 10.2 Å². The van der Waals surface area contributed by atoms with Crippen molar-refractivity contribution in [3.8, 4) is 0 Å². The van der Waals surface area contributed by atoms with E-state index in [2.05, 4.69) is 60.7 Å². The van der Waals surface area contributed by atoms with Crippen LogP contribution in [0, 0.1) is 0 Å². The topological polar surface area (TPSA) is 40.5 Å². The molecule has 0 unspecified atom stereocenters. The van der Waals surface area contributed by atoms with Crippen molar-refractivity contribution in [3.63, 3.8) is 0 Å². The van der Waals surface area contributed by atoms with Gasteiger partial charge in [0.2, 0.25) is 0 Å². The minimum atomic E-state index is -1.67. The van der Waals surface area contributed by atoms with Crippen LogP contribution in [0.4, 0.5) is 0 Å². The third kappa shape index (κ3) is 5.90. The van der Waals surface area contributed by atoms with Crippen LogP contribution < -0.4 is 10.6 Å². The van der Waals surface area contributed by atoms with Crippen LogP contribution in [0.5, 0.6) is 0 Å². The normalized spacial score (nSPS) is 10.6. The van der Waals surface area contributed by atoms with Crippen LogP contribution >= 0.6 is 8.58 Å². The maximum atomic E-state index is 9.35. The molecule has 0 aromatic heterocycles. The summed E-state index contributed by atoms with van der Waals surface area (Å²) in [6.07, 6.45) is 0.303. The zero-order valence-electron chi connectivity index (χ0n) is 13.8. The van der Waals surface area contributed by atoms with Gasteiger partial charge >= 0.3 is 0 Å². The van der Waals surface area contributed by atoms with Gasteiger partial charge in [0.05, 0.1) is 0 Å². The van der Waals surface area contributed by atoms with Gasteiger partial charge in [0.1, 0.15) is 0 Å². The standard InChI is InChI=1S/C12H11P.C9H12O2/c1-3-7-11(8-4-1)13-12-9-5-2-6-10-12;1-2-9(10,11)8-6-4-3-5-7-8/h1-10,13H;3-7,10-11H,2H2,1H3. The Labute approximate surface area is 145 Å². The van der Waals surface area contributed by atoms with Crippen LogP contribution in [0.15, 0.2) is 91.0 Å². The first-order valence-electron chi connectivity index (χ1n) is 7.99. The minimum absolute atomic E-state index is 0.303. The SMILES string of the molecule is CCC(O)(O)c1ccccc1.c1ccc(Pc2ccccc2)cc1. The summed E-state index contributed by atoms with van der Waals surface area (Å²) in [5.41, 5.74) is 0.544. The van der Waals surface area contributed by atoms with Gasteiger partial charge in [-0.2, -0.15) is 0 Å². The highest BCUT2D eigenvalue weighted by atomic mass is 31.1. The highest BCUT2D eigenvalue weighted by Gasteiger charge is 2.21. The third-order valence-electron chi connectivity index (χ3n) is 3.57. The second-order valence-electron chi connectivity index (χ2n) is 5.39. The predicted molar refractivity (Wildman–Crippen MR) is 103 cm³/mol. The van der Waals surface area contributed by atoms with Crippen LogP contribution in [0.2, 0.25) is 0 Å². The van der Waals surface area contributed by atoms with Crippen molar-refractivity contribution in [3.05, 3.63) is 96.6 Å². The molecule has 2 nitrogen and oxygen atoms in total. The maximum Gasteiger partial charge on any atom is 0.189 e. The zero-order chi connectivity index (χ0) is 17.3. The van der Waals surface area contributed by atoms with E-state index in [-0.39, 0.29) is 0 Å². The molecule has 0 saturated carbocycles. The first-order chi connectivity index (χ1) is 11.6. The largest absolute Gasteiger partial charge is 0.362 e. The minimum Gasteiger partial charge on any atom is -0.362 e. The summed E-state index contributed by atoms with van der Waals surface area (Å²) in [6, 6.07) is 30.0. The van der Waals surface area contributed by atoms with E-state index in [0.29, 0.717) is 12.0 Å². The van der Waals surface area contributed by atoms with Crippen LogP contribution in [0.3, 0.4) is 0 Å². The molecule has 0 aliphatic heterocycles. The molecule has 0 bridgehead atoms. The molecule has 0 saturated heterocycles. The summed E-state index contributed by atoms with van der Waals surface area (Å²) in [5.74, 6) is -1.67. The molecule has 3 aromatic carbocycles. The van der Waals surface area contributed by atoms with Crippen molar-refractivity contribution in [2.75, 3.05) is 0 Å². The number of hydrogen-bond donors (Lipinski definition) is 2. The van der Waals surface area contributed by atoms with Crippen molar-refractivity contribution < 1.29 is 10.2 Å². The summed E-state index contributed by atoms with van der Waals surface area (Å²) in [7, 11) is 0.777. The highest BCUT2D eigenvalue weighted by Crippen LogP contribution is 2.20. The molecule has 0 fully saturated rings. The van der Waals surface area contributed by atoms with E-state index in [0.717, 1.165) is 8.58 Å². The van der Waals surface area contributed by atoms with E-state index in [1.807, 2.05) is 6.07 Å². The quantitative estimate of drug-likeness (QED) is 0.564. The van der Waals surface area contributed by atoms with Crippen LogP contribution in [0.25, 0.3) is 0 Å². The van der Waals surface area contributed by atoms with Crippen LogP contribution in [-0.4, -0.2) is 10.2 Å². The molecule has 0 aliphatic rings. The summed E-state index contributed by atoms with van der Waals surface area (Å²) in [4.78, 5) is 0. The van der Waals surface area contributed by atoms with Crippen molar-refractivity contribution in [1.82, 2.24) is 0 Å². The summed E-state index contributed by atoms with van der Waals surface area (Å²) in [6.45, 7) is 1.73. The van der Waals surface area contributed by atoms with E-state index in [1.54, 1.807) is 31.2 Å². The molecule has 24 heavy (non-hydrogen) atoms. The molecule has 0 heterocycles. The van der Waals surface area contributed by atoms with E-state index in [4.69, 9.17) is 0 Å². The van der Waals surface area contributed by atoms with Crippen LogP contribution in [0.1, 0.15) is 18.9 Å². The van der Waals surface area contributed by atoms with Crippen molar-refractivity contribution in [2.45, 2.75) is 19.1 Å². The Morgan fingerprint density at radius 3 is 1.42 bits per heavy atom. The molecule has 3 rings (SSSR count). The molecule has 0 amide bonds. The third-order valence-corrected chi connectivity index (χ3v) is 4.81. The Kier molecular flexibility index (Phi) is 7.14. The molecule has 0 radical (unpaired) electrons. The Bertz CT molecular complexity index is 660. The summed E-state index contributed by atoms with van der Waals surface area (Å²) >= 11 is 0. The highest BCUT2D eigenvalue weighted by molar-refractivity contribution is 7.55. The molecular formula is C21H23O2P. The van der Waals surface area contributed by atoms with Crippen LogP contribution in [-0.2, 0) is 5.79 Å². The number of aliphatic hydroxyl groups is 2. The van der Waals surface area contributed by atoms with Gasteiger partial charge in [-0.3, -0.25) is 0 Å². The molecule has 3 aromatic rings. The Morgan fingerprint density at radius 1 is 0.667 bits per heavy atom. The van der Waals surface area contributed by atoms with Gasteiger partial charge in [-0.15, -0.1) is 0 Å². The van der Waals surface area contributed by atoms with Crippen molar-refractivity contribution in [2.24, 2.45) is 0 Å². The second kappa shape index (κ2) is 9.34. The molecule has 0 spiro atoms. The predicted octanol–water partition coefficient (Wildman–Crippen LogP) is 3.55. The summed E-state index contributed by atoms with van der Waals surface area (Å²) in [5, 5.41) is 21.5. The summed E-state index contributed by atoms with van der Waals surface area (Å²) < 4.78 is 0. The second-order valence-corrected chi connectivity index (χ2v) is 6.80. The number of hydrogen-bond acceptors (Lipinski definition) is 2. The van der Waals surface area contributed by atoms with E-state index < -0.39 is 5.79 Å². The smallest absolute Gasteiger partial charge is 0.189 e. The molecule has 0 atom stereocenters. The molecular weight excluding hydrogens is 315 g/mol. The van der Waals surface area contributed by atoms with Crippen molar-refractivity contribution >= 4 is 19.2 Å². The Morgan fingerprint density at radius 2 is 1.04 bits per heavy atom. The van der Waals surface area contributed by atoms with Gasteiger partial charge in [0, 0.05) is 12.0 Å². The average molecular weight is 338 g/mol. The molecule has 124 valence electrons. The fourth-order valence-corrected chi connectivity index (χ4v) is 3.17. The Hall–Kier alpha value is -1.99. The van der Waals surface area contributed by atoms with E-state index in [9.17, 15) is 10.2 Å². The van der Waals surface area contributed by atoms with Gasteiger partial charge in [-0.05, 0) is 10.6 Å². The van der Waals surface area contributed by atoms with Gasteiger partial charge in [0.25, 0.3) is 0 Å². The molecule has 3 heteroatoms. The van der Waals surface area contributed by atoms with E-state index in [1.165, 1.54) is 10.6 Å². The zero-order valence-corrected chi connectivity index (χ0v) is 14.8. The lowest BCUT2D eigenvalue weighted by Gasteiger charge is -2.19. The maximum absolute atomic E-state index is 9.35. The molecule has 2 N–H and O–H groups in total. The first-order valence-corrected chi connectivity index (χ1v) is 8.99. The average Bonchev–Trinajstić information content (AvgIpc) is 2.65. The fraction of sp³-hybridized carbons (Fsp3) is 0.143. The van der Waals surface area contributed by atoms with E-state index >= 15 is 0 Å². The van der Waals surface area contributed by atoms with Crippen molar-refractivity contribution in [1.29, 1.82) is 0 Å². The lowest BCUT2D eigenvalue weighted by Crippen LogP contribution is -2.23. The van der Waals surface area contributed by atoms with Gasteiger partial charge in [-0.25, -0.2) is 0 Å². The Balaban J connectivity index is 0.000000177. The van der Waals surface area contributed by atoms with Gasteiger partial charge in [0.15, 0.2) is 5.79 Å². The number of rotatable bonds is 4. The first kappa shape index (κ1) is 18.4. The molecule has 0 aliphatic carbocycles. The lowest BCUT2D eigenvalue weighted by atomic mass is 10.0. The van der Waals surface area contributed by atoms with Gasteiger partial charge in [-0.1, -0.05) is 106 Å². The number of benzene rings is 3. The fourth-order valence-electron chi connectivity index (χ4n) is 2.12. The lowest BCUT2D eigenvalue weighted by molar-refractivity contribution is -0.171. The monoisotopic (exact) mass is 338 g/mol.